The number of hydrogen-bond donors (Lipinski definition) is 0. The lowest BCUT2D eigenvalue weighted by molar-refractivity contribution is 0.0588. The van der Waals surface area contributed by atoms with Gasteiger partial charge in [0.2, 0.25) is 0 Å². The summed E-state index contributed by atoms with van der Waals surface area (Å²) in [4.78, 5) is 24.2. The molecule has 7 heteroatoms. The molecule has 5 rings (SSSR count). The minimum Gasteiger partial charge on any atom is -0.335 e. The van der Waals surface area contributed by atoms with Crippen LogP contribution in [0.3, 0.4) is 0 Å². The second-order valence-electron chi connectivity index (χ2n) is 7.98. The summed E-state index contributed by atoms with van der Waals surface area (Å²) in [5.41, 5.74) is 3.49. The van der Waals surface area contributed by atoms with E-state index in [0.717, 1.165) is 47.6 Å². The Morgan fingerprint density at radius 1 is 1.13 bits per heavy atom. The minimum atomic E-state index is -0.529. The average Bonchev–Trinajstić information content (AvgIpc) is 3.23. The van der Waals surface area contributed by atoms with Crippen LogP contribution in [-0.4, -0.2) is 33.4 Å². The molecule has 2 aliphatic rings. The molecule has 2 unspecified atom stereocenters. The number of rotatable bonds is 3. The zero-order chi connectivity index (χ0) is 20.7. The second-order valence-corrected chi connectivity index (χ2v) is 8.87. The molecule has 3 aromatic rings. The number of piperidine rings is 1. The van der Waals surface area contributed by atoms with Gasteiger partial charge in [-0.1, -0.05) is 6.07 Å². The third kappa shape index (κ3) is 3.51. The SMILES string of the molecule is O=C1c2ccc(F)cc2CCC2CCC(c3nc(-c4ccc(CF)cn4)cs3)CN12. The molecule has 1 saturated heterocycles. The number of halogens is 2. The lowest BCUT2D eigenvalue weighted by atomic mass is 9.91. The summed E-state index contributed by atoms with van der Waals surface area (Å²) in [5.74, 6) is -0.115. The smallest absolute Gasteiger partial charge is 0.254 e. The molecule has 4 heterocycles. The third-order valence-corrected chi connectivity index (χ3v) is 7.13. The number of benzene rings is 1. The molecule has 0 spiro atoms. The molecule has 1 aromatic carbocycles. The first kappa shape index (κ1) is 19.3. The van der Waals surface area contributed by atoms with Gasteiger partial charge in [-0.25, -0.2) is 13.8 Å². The van der Waals surface area contributed by atoms with Crippen molar-refractivity contribution < 1.29 is 13.6 Å². The lowest BCUT2D eigenvalue weighted by Crippen LogP contribution is -2.45. The van der Waals surface area contributed by atoms with E-state index < -0.39 is 6.67 Å². The summed E-state index contributed by atoms with van der Waals surface area (Å²) in [5, 5.41) is 2.97. The number of alkyl halides is 1. The molecule has 154 valence electrons. The van der Waals surface area contributed by atoms with Gasteiger partial charge >= 0.3 is 0 Å². The zero-order valence-corrected chi connectivity index (χ0v) is 17.2. The second kappa shape index (κ2) is 7.87. The Morgan fingerprint density at radius 3 is 2.83 bits per heavy atom. The first-order valence-corrected chi connectivity index (χ1v) is 11.1. The van der Waals surface area contributed by atoms with Crippen LogP contribution >= 0.6 is 11.3 Å². The highest BCUT2D eigenvalue weighted by Crippen LogP contribution is 2.37. The fraction of sp³-hybridized carbons (Fsp3) is 0.348. The highest BCUT2D eigenvalue weighted by Gasteiger charge is 2.36. The molecule has 0 radical (unpaired) electrons. The van der Waals surface area contributed by atoms with Gasteiger partial charge in [0.15, 0.2) is 0 Å². The summed E-state index contributed by atoms with van der Waals surface area (Å²) < 4.78 is 26.3. The van der Waals surface area contributed by atoms with E-state index in [0.29, 0.717) is 17.7 Å². The molecule has 2 aromatic heterocycles. The first-order chi connectivity index (χ1) is 14.6. The number of carbonyl (C=O) groups is 1. The average molecular weight is 426 g/mol. The van der Waals surface area contributed by atoms with Crippen molar-refractivity contribution in [1.82, 2.24) is 14.9 Å². The quantitative estimate of drug-likeness (QED) is 0.583. The molecule has 2 atom stereocenters. The van der Waals surface area contributed by atoms with E-state index >= 15 is 0 Å². The summed E-state index contributed by atoms with van der Waals surface area (Å²) in [7, 11) is 0. The van der Waals surface area contributed by atoms with Crippen LogP contribution in [0, 0.1) is 5.82 Å². The van der Waals surface area contributed by atoms with Crippen molar-refractivity contribution in [2.75, 3.05) is 6.54 Å². The molecule has 2 aliphatic heterocycles. The van der Waals surface area contributed by atoms with E-state index in [9.17, 15) is 13.6 Å². The Balaban J connectivity index is 1.37. The van der Waals surface area contributed by atoms with Gasteiger partial charge in [0, 0.05) is 41.2 Å². The number of amides is 1. The summed E-state index contributed by atoms with van der Waals surface area (Å²) >= 11 is 1.58. The van der Waals surface area contributed by atoms with E-state index in [-0.39, 0.29) is 23.7 Å². The molecule has 0 saturated carbocycles. The van der Waals surface area contributed by atoms with Crippen molar-refractivity contribution >= 4 is 17.2 Å². The molecular formula is C23H21F2N3OS. The molecule has 1 amide bonds. The van der Waals surface area contributed by atoms with E-state index in [4.69, 9.17) is 4.98 Å². The van der Waals surface area contributed by atoms with E-state index in [2.05, 4.69) is 4.98 Å². The minimum absolute atomic E-state index is 0.00235. The normalized spacial score (nSPS) is 21.1. The number of fused-ring (bicyclic) bond motifs is 2. The molecule has 4 nitrogen and oxygen atoms in total. The largest absolute Gasteiger partial charge is 0.335 e. The number of aromatic nitrogens is 2. The van der Waals surface area contributed by atoms with Crippen LogP contribution in [0.1, 0.15) is 51.7 Å². The predicted octanol–water partition coefficient (Wildman–Crippen LogP) is 5.15. The van der Waals surface area contributed by atoms with Crippen molar-refractivity contribution in [3.05, 3.63) is 69.4 Å². The van der Waals surface area contributed by atoms with Crippen LogP contribution in [0.2, 0.25) is 0 Å². The highest BCUT2D eigenvalue weighted by atomic mass is 32.1. The van der Waals surface area contributed by atoms with Crippen molar-refractivity contribution in [2.45, 2.75) is 44.3 Å². The summed E-state index contributed by atoms with van der Waals surface area (Å²) in [6.45, 7) is 0.0972. The number of thiazole rings is 1. The van der Waals surface area contributed by atoms with Crippen LogP contribution in [0.25, 0.3) is 11.4 Å². The van der Waals surface area contributed by atoms with Gasteiger partial charge in [-0.15, -0.1) is 11.3 Å². The Labute approximate surface area is 177 Å². The number of pyridine rings is 1. The maximum absolute atomic E-state index is 13.6. The van der Waals surface area contributed by atoms with Gasteiger partial charge in [0.05, 0.1) is 16.4 Å². The summed E-state index contributed by atoms with van der Waals surface area (Å²) in [6, 6.07) is 8.19. The van der Waals surface area contributed by atoms with Gasteiger partial charge in [-0.05, 0) is 55.5 Å². The van der Waals surface area contributed by atoms with E-state index in [1.54, 1.807) is 29.5 Å². The maximum atomic E-state index is 13.6. The van der Waals surface area contributed by atoms with Gasteiger partial charge in [0.1, 0.15) is 12.5 Å². The maximum Gasteiger partial charge on any atom is 0.254 e. The van der Waals surface area contributed by atoms with Gasteiger partial charge in [-0.2, -0.15) is 0 Å². The molecule has 0 N–H and O–H groups in total. The van der Waals surface area contributed by atoms with Crippen molar-refractivity contribution in [1.29, 1.82) is 0 Å². The number of aryl methyl sites for hydroxylation is 1. The summed E-state index contributed by atoms with van der Waals surface area (Å²) in [6.07, 6.45) is 5.02. The molecule has 1 fully saturated rings. The zero-order valence-electron chi connectivity index (χ0n) is 16.4. The number of carbonyl (C=O) groups excluding carboxylic acids is 1. The topological polar surface area (TPSA) is 46.1 Å². The van der Waals surface area contributed by atoms with Crippen LogP contribution in [0.15, 0.2) is 41.9 Å². The van der Waals surface area contributed by atoms with Crippen LogP contribution in [0.5, 0.6) is 0 Å². The van der Waals surface area contributed by atoms with Gasteiger partial charge in [0.25, 0.3) is 5.91 Å². The fourth-order valence-electron chi connectivity index (χ4n) is 4.48. The highest BCUT2D eigenvalue weighted by molar-refractivity contribution is 7.10. The lowest BCUT2D eigenvalue weighted by Gasteiger charge is -2.38. The Hall–Kier alpha value is -2.67. The first-order valence-electron chi connectivity index (χ1n) is 10.2. The van der Waals surface area contributed by atoms with Crippen molar-refractivity contribution in [3.8, 4) is 11.4 Å². The van der Waals surface area contributed by atoms with E-state index in [1.165, 1.54) is 18.3 Å². The Morgan fingerprint density at radius 2 is 2.03 bits per heavy atom. The standard InChI is InChI=1S/C23H21F2N3OS/c24-10-14-1-8-20(26-11-14)21-13-30-22(27-21)16-3-6-18-5-2-15-9-17(25)4-7-19(15)23(29)28(18)12-16/h1,4,7-9,11,13,16,18H,2-3,5-6,10,12H2. The van der Waals surface area contributed by atoms with Crippen molar-refractivity contribution in [2.24, 2.45) is 0 Å². The van der Waals surface area contributed by atoms with E-state index in [1.807, 2.05) is 10.3 Å². The molecule has 0 bridgehead atoms. The molecule has 0 aliphatic carbocycles. The predicted molar refractivity (Wildman–Crippen MR) is 112 cm³/mol. The molecular weight excluding hydrogens is 404 g/mol. The van der Waals surface area contributed by atoms with Crippen LogP contribution in [-0.2, 0) is 13.1 Å². The van der Waals surface area contributed by atoms with Crippen molar-refractivity contribution in [3.63, 3.8) is 0 Å². The van der Waals surface area contributed by atoms with Crippen LogP contribution < -0.4 is 0 Å². The Bertz CT molecular complexity index is 1080. The van der Waals surface area contributed by atoms with Crippen LogP contribution in [0.4, 0.5) is 8.78 Å². The monoisotopic (exact) mass is 425 g/mol. The Kier molecular flexibility index (Phi) is 5.06. The van der Waals surface area contributed by atoms with Gasteiger partial charge in [-0.3, -0.25) is 9.78 Å². The molecule has 30 heavy (non-hydrogen) atoms. The third-order valence-electron chi connectivity index (χ3n) is 6.12. The number of hydrogen-bond acceptors (Lipinski definition) is 4. The number of nitrogens with zero attached hydrogens (tertiary/aromatic N) is 3. The fourth-order valence-corrected chi connectivity index (χ4v) is 5.42. The van der Waals surface area contributed by atoms with Gasteiger partial charge < -0.3 is 4.90 Å².